The third-order valence-electron chi connectivity index (χ3n) is 4.31. The summed E-state index contributed by atoms with van der Waals surface area (Å²) in [6.07, 6.45) is 4.59. The number of nitrogens with two attached hydrogens (primary N) is 2. The molecule has 2 rings (SSSR count). The van der Waals surface area contributed by atoms with Crippen molar-refractivity contribution in [2.75, 3.05) is 13.1 Å². The summed E-state index contributed by atoms with van der Waals surface area (Å²) in [7, 11) is 0. The van der Waals surface area contributed by atoms with Crippen molar-refractivity contribution in [3.8, 4) is 0 Å². The molecule has 0 aromatic heterocycles. The number of rotatable bonds is 8. The Bertz CT molecular complexity index is 791. The summed E-state index contributed by atoms with van der Waals surface area (Å²) in [6, 6.07) is 4.22. The van der Waals surface area contributed by atoms with Crippen molar-refractivity contribution >= 4 is 26.3 Å². The molecule has 1 saturated carbocycles. The number of hydrogen-bond acceptors (Lipinski definition) is 5. The molecule has 1 atom stereocenters. The zero-order valence-corrected chi connectivity index (χ0v) is 17.2. The number of halogens is 2. The smallest absolute Gasteiger partial charge is 0.123 e. The van der Waals surface area contributed by atoms with E-state index in [1.165, 1.54) is 31.2 Å². The van der Waals surface area contributed by atoms with Gasteiger partial charge in [-0.3, -0.25) is 9.98 Å². The lowest BCUT2D eigenvalue weighted by Gasteiger charge is -2.13. The third kappa shape index (κ3) is 6.29. The first kappa shape index (κ1) is 21.3. The van der Waals surface area contributed by atoms with Crippen molar-refractivity contribution in [1.29, 1.82) is 0 Å². The summed E-state index contributed by atoms with van der Waals surface area (Å²) >= 11 is 3.50. The number of nitrogens with zero attached hydrogens (tertiary/aromatic N) is 2. The molecule has 0 amide bonds. The van der Waals surface area contributed by atoms with Crippen LogP contribution in [0.15, 0.2) is 51.7 Å². The van der Waals surface area contributed by atoms with Crippen molar-refractivity contribution < 1.29 is 9.50 Å². The van der Waals surface area contributed by atoms with Crippen LogP contribution in [0.1, 0.15) is 43.9 Å². The number of aliphatic hydroxyl groups excluding tert-OH is 1. The van der Waals surface area contributed by atoms with Crippen LogP contribution in [0.5, 0.6) is 0 Å². The lowest BCUT2D eigenvalue weighted by atomic mass is 9.98. The van der Waals surface area contributed by atoms with Gasteiger partial charge in [-0.15, -0.1) is 0 Å². The molecule has 5 N–H and O–H groups in total. The maximum Gasteiger partial charge on any atom is 0.123 e. The van der Waals surface area contributed by atoms with Crippen molar-refractivity contribution in [2.24, 2.45) is 27.4 Å². The number of aliphatic imine (C=N–C) groups is 2. The second-order valence-electron chi connectivity index (χ2n) is 6.70. The summed E-state index contributed by atoms with van der Waals surface area (Å²) in [6.45, 7) is 4.45. The van der Waals surface area contributed by atoms with Gasteiger partial charge in [-0.2, -0.15) is 0 Å². The van der Waals surface area contributed by atoms with E-state index in [4.69, 9.17) is 11.5 Å². The number of hydrogen-bond donors (Lipinski definition) is 3. The fourth-order valence-corrected chi connectivity index (χ4v) is 3.14. The molecule has 27 heavy (non-hydrogen) atoms. The minimum Gasteiger partial charge on any atom is -0.405 e. The van der Waals surface area contributed by atoms with Crippen molar-refractivity contribution in [2.45, 2.75) is 32.8 Å². The lowest BCUT2D eigenvalue weighted by Crippen LogP contribution is -2.12. The minimum atomic E-state index is -0.842. The maximum absolute atomic E-state index is 13.6. The first-order chi connectivity index (χ1) is 12.8. The van der Waals surface area contributed by atoms with Gasteiger partial charge in [0, 0.05) is 23.4 Å². The van der Waals surface area contributed by atoms with Gasteiger partial charge in [-0.25, -0.2) is 4.39 Å². The molecule has 1 aliphatic carbocycles. The molecule has 1 fully saturated rings. The average molecular weight is 437 g/mol. The Balaban J connectivity index is 2.34. The lowest BCUT2D eigenvalue weighted by molar-refractivity contribution is 0.198. The van der Waals surface area contributed by atoms with Gasteiger partial charge in [0.15, 0.2) is 0 Å². The Hall–Kier alpha value is -1.99. The molecule has 0 aliphatic heterocycles. The molecule has 0 heterocycles. The monoisotopic (exact) mass is 436 g/mol. The van der Waals surface area contributed by atoms with E-state index in [1.807, 2.05) is 0 Å². The second kappa shape index (κ2) is 9.80. The number of benzene rings is 1. The molecule has 0 bridgehead atoms. The van der Waals surface area contributed by atoms with E-state index in [9.17, 15) is 9.50 Å². The van der Waals surface area contributed by atoms with Gasteiger partial charge in [-0.05, 0) is 84.6 Å². The fourth-order valence-electron chi connectivity index (χ4n) is 2.55. The highest BCUT2D eigenvalue weighted by molar-refractivity contribution is 9.18. The van der Waals surface area contributed by atoms with Gasteiger partial charge >= 0.3 is 0 Å². The standard InChI is InChI=1S/C20H26BrFN4O/c1-12(24)18(20(21)26-10-14-3-4-14)11-25-19(7-8-23)16-6-5-15(22)9-17(16)13(2)27/h5-9,13-14,27H,3-4,10-11,23-24H2,1-2H3/t13-/m1/s1. The Kier molecular flexibility index (Phi) is 7.74. The van der Waals surface area contributed by atoms with E-state index in [1.54, 1.807) is 26.0 Å². The Morgan fingerprint density at radius 2 is 2.11 bits per heavy atom. The quantitative estimate of drug-likeness (QED) is 0.543. The Morgan fingerprint density at radius 1 is 1.41 bits per heavy atom. The van der Waals surface area contributed by atoms with E-state index in [0.29, 0.717) is 33.1 Å². The van der Waals surface area contributed by atoms with Crippen LogP contribution in [-0.2, 0) is 0 Å². The van der Waals surface area contributed by atoms with E-state index in [-0.39, 0.29) is 6.54 Å². The summed E-state index contributed by atoms with van der Waals surface area (Å²) in [5, 5.41) is 9.99. The summed E-state index contributed by atoms with van der Waals surface area (Å²) in [4.78, 5) is 9.17. The topological polar surface area (TPSA) is 97.0 Å². The fraction of sp³-hybridized carbons (Fsp3) is 0.400. The van der Waals surface area contributed by atoms with Crippen LogP contribution in [0.2, 0.25) is 0 Å². The van der Waals surface area contributed by atoms with E-state index >= 15 is 0 Å². The molecule has 0 saturated heterocycles. The highest BCUT2D eigenvalue weighted by atomic mass is 79.9. The van der Waals surface area contributed by atoms with Gasteiger partial charge in [-0.1, -0.05) is 0 Å². The number of aliphatic hydroxyl groups is 1. The predicted molar refractivity (Wildman–Crippen MR) is 113 cm³/mol. The van der Waals surface area contributed by atoms with Crippen LogP contribution in [0.4, 0.5) is 4.39 Å². The largest absolute Gasteiger partial charge is 0.405 e. The molecule has 7 heteroatoms. The minimum absolute atomic E-state index is 0.285. The van der Waals surface area contributed by atoms with Crippen LogP contribution in [0.3, 0.4) is 0 Å². The van der Waals surface area contributed by atoms with Crippen LogP contribution < -0.4 is 11.5 Å². The highest BCUT2D eigenvalue weighted by Crippen LogP contribution is 2.29. The van der Waals surface area contributed by atoms with Crippen molar-refractivity contribution in [1.82, 2.24) is 0 Å². The predicted octanol–water partition coefficient (Wildman–Crippen LogP) is 3.58. The Labute approximate surface area is 167 Å². The second-order valence-corrected chi connectivity index (χ2v) is 7.46. The zero-order chi connectivity index (χ0) is 20.0. The molecule has 0 unspecified atom stereocenters. The first-order valence-electron chi connectivity index (χ1n) is 8.89. The third-order valence-corrected chi connectivity index (χ3v) is 5.04. The molecule has 1 aromatic carbocycles. The summed E-state index contributed by atoms with van der Waals surface area (Å²) in [5.41, 5.74) is 14.6. The number of allylic oxidation sites excluding steroid dienone is 2. The molecular weight excluding hydrogens is 411 g/mol. The van der Waals surface area contributed by atoms with Gasteiger partial charge in [0.05, 0.1) is 18.4 Å². The van der Waals surface area contributed by atoms with Crippen LogP contribution >= 0.6 is 15.9 Å². The van der Waals surface area contributed by atoms with E-state index in [0.717, 1.165) is 12.1 Å². The van der Waals surface area contributed by atoms with Gasteiger partial charge in [0.1, 0.15) is 10.4 Å². The molecule has 1 aromatic rings. The SMILES string of the molecule is CC(N)=C(CN=C(C=CN)c1ccc(F)cc1[C@@H](C)O)C(Br)=NCC1CC1. The molecule has 146 valence electrons. The van der Waals surface area contributed by atoms with Gasteiger partial charge in [0.25, 0.3) is 0 Å². The molecule has 5 nitrogen and oxygen atoms in total. The molecule has 0 radical (unpaired) electrons. The van der Waals surface area contributed by atoms with Gasteiger partial charge < -0.3 is 16.6 Å². The Morgan fingerprint density at radius 3 is 2.67 bits per heavy atom. The van der Waals surface area contributed by atoms with Gasteiger partial charge in [0.2, 0.25) is 0 Å². The highest BCUT2D eigenvalue weighted by Gasteiger charge is 2.21. The van der Waals surface area contributed by atoms with E-state index in [2.05, 4.69) is 25.9 Å². The first-order valence-corrected chi connectivity index (χ1v) is 9.69. The summed E-state index contributed by atoms with van der Waals surface area (Å²) < 4.78 is 14.3. The molecule has 1 aliphatic rings. The van der Waals surface area contributed by atoms with Crippen molar-refractivity contribution in [3.63, 3.8) is 0 Å². The maximum atomic E-state index is 13.6. The van der Waals surface area contributed by atoms with Crippen LogP contribution in [0, 0.1) is 11.7 Å². The van der Waals surface area contributed by atoms with E-state index < -0.39 is 11.9 Å². The van der Waals surface area contributed by atoms with Crippen LogP contribution in [0.25, 0.3) is 0 Å². The van der Waals surface area contributed by atoms with Crippen LogP contribution in [-0.4, -0.2) is 28.5 Å². The summed E-state index contributed by atoms with van der Waals surface area (Å²) in [5.74, 6) is 0.253. The normalized spacial score (nSPS) is 18.0. The van der Waals surface area contributed by atoms with Crippen molar-refractivity contribution in [3.05, 3.63) is 58.7 Å². The molecular formula is C20H26BrFN4O. The average Bonchev–Trinajstić information content (AvgIpc) is 3.43. The zero-order valence-electron chi connectivity index (χ0n) is 15.6. The molecule has 0 spiro atoms.